The van der Waals surface area contributed by atoms with E-state index in [4.69, 9.17) is 14.9 Å². The first-order valence-electron chi connectivity index (χ1n) is 3.18. The van der Waals surface area contributed by atoms with Gasteiger partial charge in [0.1, 0.15) is 11.7 Å². The van der Waals surface area contributed by atoms with Crippen molar-refractivity contribution in [3.8, 4) is 12.1 Å². The van der Waals surface area contributed by atoms with E-state index in [2.05, 4.69) is 0 Å². The van der Waals surface area contributed by atoms with Crippen molar-refractivity contribution in [2.45, 2.75) is 12.3 Å². The maximum Gasteiger partial charge on any atom is 0.121 e. The molecule has 1 heterocycles. The van der Waals surface area contributed by atoms with Crippen LogP contribution in [0.15, 0.2) is 22.8 Å². The molecule has 1 rings (SSSR count). The summed E-state index contributed by atoms with van der Waals surface area (Å²) in [6.07, 6.45) is 1.68. The lowest BCUT2D eigenvalue weighted by molar-refractivity contribution is 0.494. The highest BCUT2D eigenvalue weighted by Crippen LogP contribution is 2.17. The lowest BCUT2D eigenvalue weighted by Crippen LogP contribution is -1.90. The molecule has 0 aliphatic heterocycles. The first-order chi connectivity index (χ1) is 5.38. The number of rotatable bonds is 2. The molecule has 0 amide bonds. The molecule has 0 spiro atoms. The van der Waals surface area contributed by atoms with E-state index in [9.17, 15) is 0 Å². The highest BCUT2D eigenvalue weighted by Gasteiger charge is 2.11. The third kappa shape index (κ3) is 1.59. The second kappa shape index (κ2) is 3.43. The fourth-order valence-corrected chi connectivity index (χ4v) is 0.791. The van der Waals surface area contributed by atoms with Crippen molar-refractivity contribution in [3.63, 3.8) is 0 Å². The molecule has 3 nitrogen and oxygen atoms in total. The van der Waals surface area contributed by atoms with Crippen LogP contribution < -0.4 is 0 Å². The molecule has 0 saturated heterocycles. The number of hydrogen-bond acceptors (Lipinski definition) is 3. The lowest BCUT2D eigenvalue weighted by atomic mass is 10.1. The minimum Gasteiger partial charge on any atom is -0.468 e. The Balaban J connectivity index is 2.75. The van der Waals surface area contributed by atoms with Gasteiger partial charge in [0.2, 0.25) is 0 Å². The van der Waals surface area contributed by atoms with Gasteiger partial charge in [-0.2, -0.15) is 10.5 Å². The zero-order valence-corrected chi connectivity index (χ0v) is 5.82. The van der Waals surface area contributed by atoms with Crippen LogP contribution in [0.2, 0.25) is 0 Å². The molecule has 11 heavy (non-hydrogen) atoms. The van der Waals surface area contributed by atoms with Crippen molar-refractivity contribution in [2.75, 3.05) is 0 Å². The van der Waals surface area contributed by atoms with Crippen molar-refractivity contribution in [2.24, 2.45) is 0 Å². The summed E-state index contributed by atoms with van der Waals surface area (Å²) in [6, 6.07) is 7.32. The molecular formula is C8H6N2O. The fraction of sp³-hybridized carbons (Fsp3) is 0.250. The van der Waals surface area contributed by atoms with Gasteiger partial charge in [-0.05, 0) is 12.1 Å². The van der Waals surface area contributed by atoms with Crippen molar-refractivity contribution >= 4 is 0 Å². The topological polar surface area (TPSA) is 60.7 Å². The molecule has 1 unspecified atom stereocenters. The molecular weight excluding hydrogens is 140 g/mol. The van der Waals surface area contributed by atoms with Gasteiger partial charge in [0.05, 0.1) is 24.8 Å². The maximum atomic E-state index is 8.57. The third-order valence-corrected chi connectivity index (χ3v) is 1.34. The average Bonchev–Trinajstić information content (AvgIpc) is 2.52. The molecule has 0 bridgehead atoms. The SMILES string of the molecule is N#CCC(C#N)c1ccco1. The molecule has 0 saturated carbocycles. The van der Waals surface area contributed by atoms with Crippen molar-refractivity contribution in [1.82, 2.24) is 0 Å². The van der Waals surface area contributed by atoms with Crippen LogP contribution in [0, 0.1) is 22.7 Å². The van der Waals surface area contributed by atoms with Gasteiger partial charge in [0.15, 0.2) is 0 Å². The molecule has 1 aromatic heterocycles. The van der Waals surface area contributed by atoms with Crippen LogP contribution in [-0.2, 0) is 0 Å². The Morgan fingerprint density at radius 3 is 2.82 bits per heavy atom. The minimum atomic E-state index is -0.421. The zero-order valence-electron chi connectivity index (χ0n) is 5.82. The summed E-state index contributed by atoms with van der Waals surface area (Å²) >= 11 is 0. The van der Waals surface area contributed by atoms with Crippen LogP contribution in [0.5, 0.6) is 0 Å². The molecule has 0 fully saturated rings. The lowest BCUT2D eigenvalue weighted by Gasteiger charge is -1.96. The molecule has 0 N–H and O–H groups in total. The quantitative estimate of drug-likeness (QED) is 0.639. The van der Waals surface area contributed by atoms with Crippen LogP contribution in [0.25, 0.3) is 0 Å². The van der Waals surface area contributed by atoms with Gasteiger partial charge in [-0.25, -0.2) is 0 Å². The fourth-order valence-electron chi connectivity index (χ4n) is 0.791. The number of hydrogen-bond donors (Lipinski definition) is 0. The molecule has 0 aliphatic rings. The standard InChI is InChI=1S/C8H6N2O/c9-4-3-7(6-10)8-2-1-5-11-8/h1-2,5,7H,3H2. The summed E-state index contributed by atoms with van der Waals surface area (Å²) < 4.78 is 4.97. The van der Waals surface area contributed by atoms with E-state index in [0.29, 0.717) is 5.76 Å². The Bertz CT molecular complexity index is 289. The molecule has 1 atom stereocenters. The van der Waals surface area contributed by atoms with Gasteiger partial charge in [-0.15, -0.1) is 0 Å². The first kappa shape index (κ1) is 7.37. The molecule has 0 radical (unpaired) electrons. The van der Waals surface area contributed by atoms with E-state index in [-0.39, 0.29) is 6.42 Å². The summed E-state index contributed by atoms with van der Waals surface area (Å²) in [5, 5.41) is 16.9. The largest absolute Gasteiger partial charge is 0.468 e. The Morgan fingerprint density at radius 2 is 2.36 bits per heavy atom. The molecule has 1 aromatic rings. The van der Waals surface area contributed by atoms with Crippen molar-refractivity contribution < 1.29 is 4.42 Å². The second-order valence-corrected chi connectivity index (χ2v) is 2.06. The van der Waals surface area contributed by atoms with Gasteiger partial charge in [0.25, 0.3) is 0 Å². The summed E-state index contributed by atoms with van der Waals surface area (Å²) in [7, 11) is 0. The number of nitriles is 2. The van der Waals surface area contributed by atoms with E-state index >= 15 is 0 Å². The Labute approximate surface area is 64.5 Å². The van der Waals surface area contributed by atoms with E-state index in [1.54, 1.807) is 12.1 Å². The molecule has 0 aliphatic carbocycles. The first-order valence-corrected chi connectivity index (χ1v) is 3.18. The van der Waals surface area contributed by atoms with Crippen LogP contribution in [0.3, 0.4) is 0 Å². The Morgan fingerprint density at radius 1 is 1.55 bits per heavy atom. The van der Waals surface area contributed by atoms with E-state index in [1.807, 2.05) is 12.1 Å². The molecule has 54 valence electrons. The van der Waals surface area contributed by atoms with Gasteiger partial charge in [0, 0.05) is 0 Å². The predicted molar refractivity (Wildman–Crippen MR) is 37.3 cm³/mol. The third-order valence-electron chi connectivity index (χ3n) is 1.34. The van der Waals surface area contributed by atoms with Crippen LogP contribution in [0.4, 0.5) is 0 Å². The second-order valence-electron chi connectivity index (χ2n) is 2.06. The van der Waals surface area contributed by atoms with E-state index in [1.165, 1.54) is 6.26 Å². The summed E-state index contributed by atoms with van der Waals surface area (Å²) in [6.45, 7) is 0. The summed E-state index contributed by atoms with van der Waals surface area (Å²) in [5.41, 5.74) is 0. The van der Waals surface area contributed by atoms with Crippen LogP contribution in [0.1, 0.15) is 18.1 Å². The zero-order chi connectivity index (χ0) is 8.10. The average molecular weight is 146 g/mol. The Hall–Kier alpha value is -1.74. The highest BCUT2D eigenvalue weighted by molar-refractivity contribution is 5.15. The minimum absolute atomic E-state index is 0.185. The van der Waals surface area contributed by atoms with Crippen LogP contribution >= 0.6 is 0 Å². The van der Waals surface area contributed by atoms with Crippen molar-refractivity contribution in [3.05, 3.63) is 24.2 Å². The maximum absolute atomic E-state index is 8.57. The monoisotopic (exact) mass is 146 g/mol. The number of furan rings is 1. The predicted octanol–water partition coefficient (Wildman–Crippen LogP) is 1.80. The highest BCUT2D eigenvalue weighted by atomic mass is 16.3. The van der Waals surface area contributed by atoms with Crippen LogP contribution in [-0.4, -0.2) is 0 Å². The summed E-state index contributed by atoms with van der Waals surface area (Å²) in [5.74, 6) is 0.143. The molecule has 0 aromatic carbocycles. The van der Waals surface area contributed by atoms with Gasteiger partial charge in [-0.1, -0.05) is 0 Å². The Kier molecular flexibility index (Phi) is 2.30. The van der Waals surface area contributed by atoms with Gasteiger partial charge < -0.3 is 4.42 Å². The van der Waals surface area contributed by atoms with Crippen molar-refractivity contribution in [1.29, 1.82) is 10.5 Å². The summed E-state index contributed by atoms with van der Waals surface area (Å²) in [4.78, 5) is 0. The van der Waals surface area contributed by atoms with Gasteiger partial charge >= 0.3 is 0 Å². The van der Waals surface area contributed by atoms with E-state index < -0.39 is 5.92 Å². The van der Waals surface area contributed by atoms with Gasteiger partial charge in [-0.3, -0.25) is 0 Å². The smallest absolute Gasteiger partial charge is 0.121 e. The normalized spacial score (nSPS) is 11.5. The van der Waals surface area contributed by atoms with E-state index in [0.717, 1.165) is 0 Å². The number of nitrogens with zero attached hydrogens (tertiary/aromatic N) is 2. The molecule has 3 heteroatoms.